The summed E-state index contributed by atoms with van der Waals surface area (Å²) in [6, 6.07) is 14.3. The first-order chi connectivity index (χ1) is 13.4. The van der Waals surface area contributed by atoms with Gasteiger partial charge in [-0.3, -0.25) is 4.79 Å². The minimum absolute atomic E-state index is 0.0670. The van der Waals surface area contributed by atoms with Crippen LogP contribution in [0.2, 0.25) is 5.02 Å². The topological polar surface area (TPSA) is 66.5 Å². The van der Waals surface area contributed by atoms with Crippen molar-refractivity contribution in [1.82, 2.24) is 9.62 Å². The molecule has 1 fully saturated rings. The van der Waals surface area contributed by atoms with E-state index in [-0.39, 0.29) is 27.4 Å². The first kappa shape index (κ1) is 20.8. The fourth-order valence-corrected chi connectivity index (χ4v) is 5.07. The maximum absolute atomic E-state index is 12.8. The number of halogens is 1. The molecule has 0 bridgehead atoms. The van der Waals surface area contributed by atoms with Crippen LogP contribution in [0.3, 0.4) is 0 Å². The molecule has 2 aromatic carbocycles. The van der Waals surface area contributed by atoms with E-state index in [0.29, 0.717) is 13.1 Å². The fraction of sp³-hybridized carbons (Fsp3) is 0.381. The van der Waals surface area contributed by atoms with Crippen LogP contribution >= 0.6 is 11.6 Å². The van der Waals surface area contributed by atoms with Gasteiger partial charge in [-0.2, -0.15) is 4.31 Å². The molecule has 1 saturated heterocycles. The van der Waals surface area contributed by atoms with Crippen LogP contribution < -0.4 is 5.32 Å². The number of amides is 1. The SMILES string of the molecule is C[C@@H](CCc1ccccc1)NC(=O)c1cc(S(=O)(=O)N2CCCC2)ccc1Cl. The number of benzene rings is 2. The summed E-state index contributed by atoms with van der Waals surface area (Å²) in [7, 11) is -3.59. The van der Waals surface area contributed by atoms with Crippen molar-refractivity contribution >= 4 is 27.5 Å². The van der Waals surface area contributed by atoms with Gasteiger partial charge in [0.05, 0.1) is 15.5 Å². The summed E-state index contributed by atoms with van der Waals surface area (Å²) in [5.41, 5.74) is 1.40. The Labute approximate surface area is 171 Å². The number of nitrogens with one attached hydrogen (secondary N) is 1. The summed E-state index contributed by atoms with van der Waals surface area (Å²) in [6.45, 7) is 2.96. The minimum atomic E-state index is -3.59. The van der Waals surface area contributed by atoms with E-state index in [1.165, 1.54) is 28.1 Å². The third kappa shape index (κ3) is 4.93. The number of sulfonamides is 1. The van der Waals surface area contributed by atoms with Gasteiger partial charge in [-0.1, -0.05) is 41.9 Å². The van der Waals surface area contributed by atoms with Gasteiger partial charge < -0.3 is 5.32 Å². The number of hydrogen-bond donors (Lipinski definition) is 1. The molecule has 3 rings (SSSR count). The number of nitrogens with zero attached hydrogens (tertiary/aromatic N) is 1. The van der Waals surface area contributed by atoms with Crippen LogP contribution in [0, 0.1) is 0 Å². The van der Waals surface area contributed by atoms with Crippen LogP contribution in [-0.2, 0) is 16.4 Å². The van der Waals surface area contributed by atoms with Crippen LogP contribution in [-0.4, -0.2) is 37.8 Å². The highest BCUT2D eigenvalue weighted by molar-refractivity contribution is 7.89. The number of rotatable bonds is 7. The second-order valence-electron chi connectivity index (χ2n) is 7.15. The minimum Gasteiger partial charge on any atom is -0.350 e. The number of carbonyl (C=O) groups excluding carboxylic acids is 1. The predicted octanol–water partition coefficient (Wildman–Crippen LogP) is 3.88. The zero-order chi connectivity index (χ0) is 20.1. The lowest BCUT2D eigenvalue weighted by atomic mass is 10.1. The standard InChI is InChI=1S/C21H25ClN2O3S/c1-16(9-10-17-7-3-2-4-8-17)23-21(25)19-15-18(11-12-20(19)22)28(26,27)24-13-5-6-14-24/h2-4,7-8,11-12,15-16H,5-6,9-10,13-14H2,1H3,(H,23,25)/t16-/m0/s1. The largest absolute Gasteiger partial charge is 0.350 e. The van der Waals surface area contributed by atoms with Crippen molar-refractivity contribution in [3.05, 3.63) is 64.7 Å². The molecule has 5 nitrogen and oxygen atoms in total. The normalized spacial score (nSPS) is 16.1. The van der Waals surface area contributed by atoms with Crippen LogP contribution in [0.1, 0.15) is 42.1 Å². The summed E-state index contributed by atoms with van der Waals surface area (Å²) in [4.78, 5) is 12.8. The third-order valence-electron chi connectivity index (χ3n) is 4.97. The highest BCUT2D eigenvalue weighted by atomic mass is 35.5. The van der Waals surface area contributed by atoms with E-state index in [9.17, 15) is 13.2 Å². The van der Waals surface area contributed by atoms with Crippen molar-refractivity contribution in [2.24, 2.45) is 0 Å². The summed E-state index contributed by atoms with van der Waals surface area (Å²) >= 11 is 6.19. The Hall–Kier alpha value is -1.89. The molecule has 1 amide bonds. The lowest BCUT2D eigenvalue weighted by Gasteiger charge is -2.18. The predicted molar refractivity (Wildman–Crippen MR) is 111 cm³/mol. The Kier molecular flexibility index (Phi) is 6.75. The van der Waals surface area contributed by atoms with Crippen molar-refractivity contribution in [2.45, 2.75) is 43.5 Å². The number of aryl methyl sites for hydroxylation is 1. The quantitative estimate of drug-likeness (QED) is 0.739. The van der Waals surface area contributed by atoms with Crippen molar-refractivity contribution in [1.29, 1.82) is 0 Å². The molecule has 150 valence electrons. The molecule has 7 heteroatoms. The molecule has 0 unspecified atom stereocenters. The van der Waals surface area contributed by atoms with Crippen LogP contribution in [0.15, 0.2) is 53.4 Å². The molecule has 0 aliphatic carbocycles. The first-order valence-electron chi connectivity index (χ1n) is 9.52. The van der Waals surface area contributed by atoms with E-state index in [2.05, 4.69) is 17.4 Å². The van der Waals surface area contributed by atoms with Gasteiger partial charge in [0.15, 0.2) is 0 Å². The van der Waals surface area contributed by atoms with Gasteiger partial charge in [0.1, 0.15) is 0 Å². The molecule has 1 aliphatic rings. The molecule has 2 aromatic rings. The molecule has 28 heavy (non-hydrogen) atoms. The lowest BCUT2D eigenvalue weighted by Crippen LogP contribution is -2.33. The maximum Gasteiger partial charge on any atom is 0.253 e. The van der Waals surface area contributed by atoms with E-state index in [0.717, 1.165) is 25.7 Å². The van der Waals surface area contributed by atoms with E-state index in [1.807, 2.05) is 25.1 Å². The molecule has 0 saturated carbocycles. The molecule has 1 aliphatic heterocycles. The molecule has 0 radical (unpaired) electrons. The van der Waals surface area contributed by atoms with E-state index in [1.54, 1.807) is 0 Å². The van der Waals surface area contributed by atoms with E-state index in [4.69, 9.17) is 11.6 Å². The molecule has 1 atom stereocenters. The Morgan fingerprint density at radius 2 is 1.82 bits per heavy atom. The van der Waals surface area contributed by atoms with Crippen LogP contribution in [0.25, 0.3) is 0 Å². The summed E-state index contributed by atoms with van der Waals surface area (Å²) in [5.74, 6) is -0.357. The van der Waals surface area contributed by atoms with Crippen LogP contribution in [0.5, 0.6) is 0 Å². The summed E-state index contributed by atoms with van der Waals surface area (Å²) < 4.78 is 27.0. The van der Waals surface area contributed by atoms with Gasteiger partial charge in [0.2, 0.25) is 10.0 Å². The maximum atomic E-state index is 12.8. The smallest absolute Gasteiger partial charge is 0.253 e. The molecule has 1 heterocycles. The summed E-state index contributed by atoms with van der Waals surface area (Å²) in [5, 5.41) is 3.17. The molecule has 1 N–H and O–H groups in total. The molecular weight excluding hydrogens is 396 g/mol. The Balaban J connectivity index is 1.69. The Bertz CT molecular complexity index is 926. The van der Waals surface area contributed by atoms with Gasteiger partial charge in [-0.05, 0) is 56.4 Å². The monoisotopic (exact) mass is 420 g/mol. The van der Waals surface area contributed by atoms with E-state index < -0.39 is 10.0 Å². The average Bonchev–Trinajstić information content (AvgIpc) is 3.23. The second kappa shape index (κ2) is 9.07. The van der Waals surface area contributed by atoms with Crippen molar-refractivity contribution < 1.29 is 13.2 Å². The zero-order valence-corrected chi connectivity index (χ0v) is 17.5. The Morgan fingerprint density at radius 1 is 1.14 bits per heavy atom. The lowest BCUT2D eigenvalue weighted by molar-refractivity contribution is 0.0938. The van der Waals surface area contributed by atoms with Crippen molar-refractivity contribution in [3.63, 3.8) is 0 Å². The van der Waals surface area contributed by atoms with Gasteiger partial charge in [0.25, 0.3) is 5.91 Å². The molecule has 0 aromatic heterocycles. The molecule has 0 spiro atoms. The van der Waals surface area contributed by atoms with Gasteiger partial charge in [-0.25, -0.2) is 8.42 Å². The second-order valence-corrected chi connectivity index (χ2v) is 9.50. The Morgan fingerprint density at radius 3 is 2.50 bits per heavy atom. The third-order valence-corrected chi connectivity index (χ3v) is 7.20. The van der Waals surface area contributed by atoms with Crippen molar-refractivity contribution in [3.8, 4) is 0 Å². The number of hydrogen-bond acceptors (Lipinski definition) is 3. The highest BCUT2D eigenvalue weighted by Crippen LogP contribution is 2.25. The van der Waals surface area contributed by atoms with Crippen LogP contribution in [0.4, 0.5) is 0 Å². The number of carbonyl (C=O) groups is 1. The van der Waals surface area contributed by atoms with Gasteiger partial charge in [0, 0.05) is 19.1 Å². The van der Waals surface area contributed by atoms with Gasteiger partial charge >= 0.3 is 0 Å². The first-order valence-corrected chi connectivity index (χ1v) is 11.3. The zero-order valence-electron chi connectivity index (χ0n) is 15.9. The van der Waals surface area contributed by atoms with Gasteiger partial charge in [-0.15, -0.1) is 0 Å². The molecular formula is C21H25ClN2O3S. The highest BCUT2D eigenvalue weighted by Gasteiger charge is 2.28. The van der Waals surface area contributed by atoms with Crippen molar-refractivity contribution in [2.75, 3.05) is 13.1 Å². The van der Waals surface area contributed by atoms with E-state index >= 15 is 0 Å². The fourth-order valence-electron chi connectivity index (χ4n) is 3.32. The summed E-state index contributed by atoms with van der Waals surface area (Å²) in [6.07, 6.45) is 3.34. The average molecular weight is 421 g/mol.